The van der Waals surface area contributed by atoms with E-state index in [9.17, 15) is 4.79 Å². The van der Waals surface area contributed by atoms with Crippen LogP contribution in [-0.2, 0) is 9.53 Å². The fraction of sp³-hybridized carbons (Fsp3) is 0.214. The van der Waals surface area contributed by atoms with E-state index < -0.39 is 5.97 Å². The van der Waals surface area contributed by atoms with E-state index in [1.165, 1.54) is 24.8 Å². The summed E-state index contributed by atoms with van der Waals surface area (Å²) in [5, 5.41) is 11.7. The van der Waals surface area contributed by atoms with E-state index in [1.807, 2.05) is 0 Å². The van der Waals surface area contributed by atoms with Crippen molar-refractivity contribution in [3.8, 4) is 5.75 Å². The van der Waals surface area contributed by atoms with Crippen LogP contribution in [-0.4, -0.2) is 35.6 Å². The quantitative estimate of drug-likeness (QED) is 0.288. The smallest absolute Gasteiger partial charge is 0.330 e. The molecule has 1 aromatic carbocycles. The number of benzene rings is 1. The second kappa shape index (κ2) is 7.09. The van der Waals surface area contributed by atoms with Crippen LogP contribution in [0.25, 0.3) is 11.1 Å². The Balaban J connectivity index is 2.11. The summed E-state index contributed by atoms with van der Waals surface area (Å²) in [6.07, 6.45) is 5.32. The Hall–Kier alpha value is -2.83. The summed E-state index contributed by atoms with van der Waals surface area (Å²) in [5.41, 5.74) is 1.55. The Morgan fingerprint density at radius 1 is 1.52 bits per heavy atom. The molecule has 0 spiro atoms. The molecule has 0 aliphatic rings. The van der Waals surface area contributed by atoms with Gasteiger partial charge in [0.15, 0.2) is 12.0 Å². The van der Waals surface area contributed by atoms with Gasteiger partial charge in [0.2, 0.25) is 0 Å². The Morgan fingerprint density at radius 3 is 3.14 bits per heavy atom. The maximum Gasteiger partial charge on any atom is 0.330 e. The third-order valence-electron chi connectivity index (χ3n) is 2.56. The number of oxime groups is 1. The highest BCUT2D eigenvalue weighted by molar-refractivity contribution is 5.98. The fourth-order valence-corrected chi connectivity index (χ4v) is 1.71. The highest BCUT2D eigenvalue weighted by Crippen LogP contribution is 2.26. The number of aromatic nitrogens is 1. The van der Waals surface area contributed by atoms with Crippen molar-refractivity contribution in [1.82, 2.24) is 4.98 Å². The third kappa shape index (κ3) is 3.59. The number of esters is 1. The van der Waals surface area contributed by atoms with Crippen LogP contribution in [0.3, 0.4) is 0 Å². The minimum absolute atomic E-state index is 0.157. The molecular weight excluding hydrogens is 276 g/mol. The number of carbonyl (C=O) groups excluding carboxylic acids is 1. The lowest BCUT2D eigenvalue weighted by atomic mass is 10.2. The van der Waals surface area contributed by atoms with Crippen LogP contribution in [0.1, 0.15) is 12.5 Å². The average molecular weight is 290 g/mol. The van der Waals surface area contributed by atoms with Crippen LogP contribution < -0.4 is 4.74 Å². The van der Waals surface area contributed by atoms with Crippen LogP contribution in [0.15, 0.2) is 40.3 Å². The first-order valence-corrected chi connectivity index (χ1v) is 6.26. The van der Waals surface area contributed by atoms with Crippen molar-refractivity contribution in [1.29, 1.82) is 0 Å². The van der Waals surface area contributed by atoms with Gasteiger partial charge in [-0.15, -0.1) is 0 Å². The lowest BCUT2D eigenvalue weighted by molar-refractivity contribution is -0.137. The predicted molar refractivity (Wildman–Crippen MR) is 74.7 cm³/mol. The van der Waals surface area contributed by atoms with Gasteiger partial charge in [0.1, 0.15) is 17.9 Å². The fourth-order valence-electron chi connectivity index (χ4n) is 1.71. The second-order valence-corrected chi connectivity index (χ2v) is 3.89. The molecular formula is C14H14N2O5. The number of rotatable bonds is 6. The zero-order valence-corrected chi connectivity index (χ0v) is 11.4. The molecule has 0 radical (unpaired) electrons. The molecule has 0 bridgehead atoms. The largest absolute Gasteiger partial charge is 0.489 e. The second-order valence-electron chi connectivity index (χ2n) is 3.89. The van der Waals surface area contributed by atoms with Gasteiger partial charge in [0.25, 0.3) is 0 Å². The Bertz CT molecular complexity index is 675. The molecule has 21 heavy (non-hydrogen) atoms. The molecule has 2 aromatic rings. The molecule has 0 saturated heterocycles. The van der Waals surface area contributed by atoms with Gasteiger partial charge in [0.05, 0.1) is 18.4 Å². The molecule has 0 aliphatic heterocycles. The lowest BCUT2D eigenvalue weighted by Crippen LogP contribution is -2.02. The maximum atomic E-state index is 11.1. The van der Waals surface area contributed by atoms with Crippen LogP contribution in [0.4, 0.5) is 0 Å². The molecule has 0 fully saturated rings. The molecule has 0 atom stereocenters. The lowest BCUT2D eigenvalue weighted by Gasteiger charge is -2.06. The van der Waals surface area contributed by atoms with Crippen molar-refractivity contribution in [3.63, 3.8) is 0 Å². The maximum absolute atomic E-state index is 11.1. The number of nitrogens with zero attached hydrogens (tertiary/aromatic N) is 2. The molecule has 0 amide bonds. The van der Waals surface area contributed by atoms with E-state index in [1.54, 1.807) is 19.1 Å². The van der Waals surface area contributed by atoms with Gasteiger partial charge < -0.3 is 19.1 Å². The summed E-state index contributed by atoms with van der Waals surface area (Å²) in [5.74, 6) is 0.0227. The highest BCUT2D eigenvalue weighted by Gasteiger charge is 2.10. The predicted octanol–water partition coefficient (Wildman–Crippen LogP) is 2.13. The van der Waals surface area contributed by atoms with Crippen molar-refractivity contribution >= 4 is 23.3 Å². The van der Waals surface area contributed by atoms with Crippen molar-refractivity contribution in [2.75, 3.05) is 13.2 Å². The van der Waals surface area contributed by atoms with Crippen molar-refractivity contribution < 1.29 is 23.9 Å². The minimum Gasteiger partial charge on any atom is -0.489 e. The van der Waals surface area contributed by atoms with Gasteiger partial charge in [-0.2, -0.15) is 0 Å². The number of hydrogen-bond acceptors (Lipinski definition) is 7. The normalized spacial score (nSPS) is 11.5. The molecule has 1 N–H and O–H groups in total. The van der Waals surface area contributed by atoms with E-state index in [2.05, 4.69) is 10.1 Å². The molecule has 7 nitrogen and oxygen atoms in total. The summed E-state index contributed by atoms with van der Waals surface area (Å²) in [7, 11) is 0. The monoisotopic (exact) mass is 290 g/mol. The number of hydrogen-bond donors (Lipinski definition) is 1. The SMILES string of the molecule is CCOC(=O)/C=C/COc1ccc2ncoc2c1/C=N\O. The highest BCUT2D eigenvalue weighted by atomic mass is 16.5. The van der Waals surface area contributed by atoms with Crippen LogP contribution in [0, 0.1) is 0 Å². The molecule has 0 saturated carbocycles. The van der Waals surface area contributed by atoms with E-state index in [0.29, 0.717) is 29.0 Å². The zero-order valence-electron chi connectivity index (χ0n) is 11.4. The van der Waals surface area contributed by atoms with Crippen molar-refractivity contribution in [2.45, 2.75) is 6.92 Å². The van der Waals surface area contributed by atoms with Gasteiger partial charge in [-0.3, -0.25) is 0 Å². The topological polar surface area (TPSA) is 94.2 Å². The molecule has 1 aromatic heterocycles. The third-order valence-corrected chi connectivity index (χ3v) is 2.56. The van der Waals surface area contributed by atoms with Gasteiger partial charge in [0, 0.05) is 6.08 Å². The Morgan fingerprint density at radius 2 is 2.38 bits per heavy atom. The number of oxazole rings is 1. The molecule has 0 aliphatic carbocycles. The zero-order chi connectivity index (χ0) is 15.1. The number of ether oxygens (including phenoxy) is 2. The van der Waals surface area contributed by atoms with Gasteiger partial charge in [-0.25, -0.2) is 9.78 Å². The standard InChI is InChI=1S/C14H14N2O5/c1-2-19-13(17)4-3-7-20-12-6-5-11-14(21-9-15-11)10(12)8-16-18/h3-6,8-9,18H,2,7H2,1H3/b4-3+,16-8-. The van der Waals surface area contributed by atoms with Crippen molar-refractivity contribution in [2.24, 2.45) is 5.16 Å². The van der Waals surface area contributed by atoms with E-state index in [4.69, 9.17) is 19.1 Å². The van der Waals surface area contributed by atoms with Gasteiger partial charge in [-0.1, -0.05) is 5.16 Å². The van der Waals surface area contributed by atoms with Crippen LogP contribution in [0.2, 0.25) is 0 Å². The van der Waals surface area contributed by atoms with E-state index in [0.717, 1.165) is 0 Å². The number of carbonyl (C=O) groups is 1. The summed E-state index contributed by atoms with van der Waals surface area (Å²) >= 11 is 0. The van der Waals surface area contributed by atoms with Crippen LogP contribution >= 0.6 is 0 Å². The summed E-state index contributed by atoms with van der Waals surface area (Å²) in [6.45, 7) is 2.21. The Labute approximate surface area is 120 Å². The summed E-state index contributed by atoms with van der Waals surface area (Å²) < 4.78 is 15.5. The molecule has 1 heterocycles. The minimum atomic E-state index is -0.427. The Kier molecular flexibility index (Phi) is 4.92. The first kappa shape index (κ1) is 14.6. The summed E-state index contributed by atoms with van der Waals surface area (Å²) in [6, 6.07) is 3.40. The molecule has 2 rings (SSSR count). The van der Waals surface area contributed by atoms with Crippen LogP contribution in [0.5, 0.6) is 5.75 Å². The first-order valence-electron chi connectivity index (χ1n) is 6.26. The van der Waals surface area contributed by atoms with E-state index >= 15 is 0 Å². The number of fused-ring (bicyclic) bond motifs is 1. The summed E-state index contributed by atoms with van der Waals surface area (Å²) in [4.78, 5) is 15.1. The molecule has 110 valence electrons. The van der Waals surface area contributed by atoms with E-state index in [-0.39, 0.29) is 6.61 Å². The van der Waals surface area contributed by atoms with Gasteiger partial charge in [-0.05, 0) is 25.1 Å². The van der Waals surface area contributed by atoms with Crippen molar-refractivity contribution in [3.05, 3.63) is 36.2 Å². The first-order chi connectivity index (χ1) is 10.3. The molecule has 0 unspecified atom stereocenters. The average Bonchev–Trinajstić information content (AvgIpc) is 2.94. The van der Waals surface area contributed by atoms with Gasteiger partial charge >= 0.3 is 5.97 Å². The molecule has 7 heteroatoms.